The fraction of sp³-hybridized carbons (Fsp3) is 0.714. The molecule has 10 nitrogen and oxygen atoms in total. The lowest BCUT2D eigenvalue weighted by atomic mass is 9.97. The van der Waals surface area contributed by atoms with E-state index in [0.29, 0.717) is 0 Å². The van der Waals surface area contributed by atoms with Gasteiger partial charge in [-0.1, -0.05) is 0 Å². The summed E-state index contributed by atoms with van der Waals surface area (Å²) in [4.78, 5) is 45.0. The van der Waals surface area contributed by atoms with Crippen molar-refractivity contribution in [3.8, 4) is 0 Å². The molecule has 0 bridgehead atoms. The highest BCUT2D eigenvalue weighted by atomic mass is 16.7. The molecule has 0 radical (unpaired) electrons. The van der Waals surface area contributed by atoms with Crippen LogP contribution in [0, 0.1) is 0 Å². The Labute approximate surface area is 138 Å². The molecule has 1 aliphatic heterocycles. The van der Waals surface area contributed by atoms with Crippen molar-refractivity contribution in [2.75, 3.05) is 6.61 Å². The average molecular weight is 347 g/mol. The molecular weight excluding hydrogens is 326 g/mol. The molecular formula is C14H21NO9. The first-order chi connectivity index (χ1) is 11.1. The smallest absolute Gasteiger partial charge is 0.303 e. The van der Waals surface area contributed by atoms with E-state index >= 15 is 0 Å². The summed E-state index contributed by atoms with van der Waals surface area (Å²) in [6, 6.07) is 0. The largest absolute Gasteiger partial charge is 0.463 e. The number of nitrogens with two attached hydrogens (primary N) is 1. The highest BCUT2D eigenvalue weighted by Crippen LogP contribution is 2.27. The molecule has 0 aromatic carbocycles. The molecule has 1 aliphatic rings. The summed E-state index contributed by atoms with van der Waals surface area (Å²) >= 11 is 0. The standard InChI is InChI=1S/C14H21NO9/c1-6(16)20-5-10-11(21-7(2)17)12(22-8(3)18)13(14(15)24-10)23-9(4)19/h10-14H,5,15H2,1-4H3/t10?,11-,12?,13+,14-/m1/s1. The van der Waals surface area contributed by atoms with Crippen molar-refractivity contribution in [1.82, 2.24) is 0 Å². The first kappa shape index (κ1) is 19.8. The van der Waals surface area contributed by atoms with Gasteiger partial charge in [0.25, 0.3) is 0 Å². The van der Waals surface area contributed by atoms with Crippen LogP contribution in [-0.4, -0.2) is 61.1 Å². The predicted molar refractivity (Wildman–Crippen MR) is 76.1 cm³/mol. The van der Waals surface area contributed by atoms with E-state index in [1.165, 1.54) is 6.92 Å². The van der Waals surface area contributed by atoms with Gasteiger partial charge in [0.1, 0.15) is 18.9 Å². The van der Waals surface area contributed by atoms with Gasteiger partial charge in [-0.25, -0.2) is 0 Å². The van der Waals surface area contributed by atoms with Crippen molar-refractivity contribution in [3.05, 3.63) is 0 Å². The SMILES string of the molecule is CC(=O)OCC1O[C@@H](N)[C@@H](OC(C)=O)C(OC(C)=O)[C@@H]1OC(C)=O. The lowest BCUT2D eigenvalue weighted by Crippen LogP contribution is -2.64. The second kappa shape index (κ2) is 8.60. The molecule has 0 amide bonds. The van der Waals surface area contributed by atoms with Crippen LogP contribution < -0.4 is 5.73 Å². The zero-order valence-corrected chi connectivity index (χ0v) is 13.8. The van der Waals surface area contributed by atoms with Crippen LogP contribution in [0.5, 0.6) is 0 Å². The van der Waals surface area contributed by atoms with E-state index in [1.807, 2.05) is 0 Å². The van der Waals surface area contributed by atoms with E-state index in [2.05, 4.69) is 0 Å². The van der Waals surface area contributed by atoms with Crippen LogP contribution in [0.4, 0.5) is 0 Å². The maximum absolute atomic E-state index is 11.4. The van der Waals surface area contributed by atoms with Crippen molar-refractivity contribution in [1.29, 1.82) is 0 Å². The van der Waals surface area contributed by atoms with E-state index in [1.54, 1.807) is 0 Å². The monoisotopic (exact) mass is 347 g/mol. The van der Waals surface area contributed by atoms with E-state index in [0.717, 1.165) is 20.8 Å². The van der Waals surface area contributed by atoms with Gasteiger partial charge in [-0.15, -0.1) is 0 Å². The molecule has 5 atom stereocenters. The van der Waals surface area contributed by atoms with E-state index < -0.39 is 54.5 Å². The molecule has 1 saturated heterocycles. The molecule has 1 rings (SSSR count). The Bertz CT molecular complexity index is 506. The summed E-state index contributed by atoms with van der Waals surface area (Å²) in [5.74, 6) is -2.66. The molecule has 1 heterocycles. The van der Waals surface area contributed by atoms with E-state index in [9.17, 15) is 19.2 Å². The molecule has 2 unspecified atom stereocenters. The Balaban J connectivity index is 3.11. The molecule has 0 spiro atoms. The second-order valence-electron chi connectivity index (χ2n) is 5.16. The lowest BCUT2D eigenvalue weighted by Gasteiger charge is -2.43. The summed E-state index contributed by atoms with van der Waals surface area (Å²) in [6.45, 7) is 4.32. The number of esters is 4. The van der Waals surface area contributed by atoms with Crippen molar-refractivity contribution < 1.29 is 42.9 Å². The first-order valence-electron chi connectivity index (χ1n) is 7.18. The van der Waals surface area contributed by atoms with Crippen molar-refractivity contribution in [2.45, 2.75) is 58.3 Å². The summed E-state index contributed by atoms with van der Waals surface area (Å²) < 4.78 is 25.6. The third-order valence-electron chi connectivity index (χ3n) is 3.03. The number of hydrogen-bond donors (Lipinski definition) is 1. The van der Waals surface area contributed by atoms with Gasteiger partial charge < -0.3 is 29.4 Å². The van der Waals surface area contributed by atoms with Crippen molar-refractivity contribution in [3.63, 3.8) is 0 Å². The number of rotatable bonds is 5. The molecule has 136 valence electrons. The van der Waals surface area contributed by atoms with Gasteiger partial charge in [-0.3, -0.25) is 19.2 Å². The van der Waals surface area contributed by atoms with E-state index in [4.69, 9.17) is 29.4 Å². The number of carbonyl (C=O) groups excluding carboxylic acids is 4. The van der Waals surface area contributed by atoms with Crippen molar-refractivity contribution >= 4 is 23.9 Å². The van der Waals surface area contributed by atoms with Gasteiger partial charge in [0.2, 0.25) is 0 Å². The van der Waals surface area contributed by atoms with Crippen LogP contribution in [-0.2, 0) is 42.9 Å². The van der Waals surface area contributed by atoms with Crippen molar-refractivity contribution in [2.24, 2.45) is 5.73 Å². The number of hydrogen-bond acceptors (Lipinski definition) is 10. The second-order valence-corrected chi connectivity index (χ2v) is 5.16. The molecule has 2 N–H and O–H groups in total. The van der Waals surface area contributed by atoms with E-state index in [-0.39, 0.29) is 6.61 Å². The first-order valence-corrected chi connectivity index (χ1v) is 7.18. The third kappa shape index (κ3) is 5.78. The highest BCUT2D eigenvalue weighted by Gasteiger charge is 2.51. The van der Waals surface area contributed by atoms with Gasteiger partial charge in [0, 0.05) is 27.7 Å². The summed E-state index contributed by atoms with van der Waals surface area (Å²) in [7, 11) is 0. The number of carbonyl (C=O) groups is 4. The molecule has 0 aromatic heterocycles. The number of ether oxygens (including phenoxy) is 5. The predicted octanol–water partition coefficient (Wildman–Crippen LogP) is -0.972. The van der Waals surface area contributed by atoms with Gasteiger partial charge >= 0.3 is 23.9 Å². The molecule has 0 aliphatic carbocycles. The Morgan fingerprint density at radius 3 is 1.71 bits per heavy atom. The maximum atomic E-state index is 11.4. The van der Waals surface area contributed by atoms with Gasteiger partial charge in [0.15, 0.2) is 18.3 Å². The quantitative estimate of drug-likeness (QED) is 0.487. The third-order valence-corrected chi connectivity index (χ3v) is 3.03. The zero-order valence-electron chi connectivity index (χ0n) is 13.8. The average Bonchev–Trinajstić information content (AvgIpc) is 2.42. The van der Waals surface area contributed by atoms with Gasteiger partial charge in [-0.05, 0) is 0 Å². The van der Waals surface area contributed by atoms with Crippen LogP contribution in [0.3, 0.4) is 0 Å². The highest BCUT2D eigenvalue weighted by molar-refractivity contribution is 5.68. The molecule has 10 heteroatoms. The van der Waals surface area contributed by atoms with Crippen LogP contribution in [0.15, 0.2) is 0 Å². The van der Waals surface area contributed by atoms with Crippen LogP contribution in [0.25, 0.3) is 0 Å². The minimum absolute atomic E-state index is 0.286. The van der Waals surface area contributed by atoms with Crippen LogP contribution in [0.2, 0.25) is 0 Å². The van der Waals surface area contributed by atoms with Gasteiger partial charge in [0.05, 0.1) is 0 Å². The van der Waals surface area contributed by atoms with Crippen LogP contribution >= 0.6 is 0 Å². The minimum Gasteiger partial charge on any atom is -0.463 e. The normalized spacial score (nSPS) is 29.3. The molecule has 1 fully saturated rings. The zero-order chi connectivity index (χ0) is 18.4. The topological polar surface area (TPSA) is 140 Å². The minimum atomic E-state index is -1.21. The fourth-order valence-electron chi connectivity index (χ4n) is 2.26. The Morgan fingerprint density at radius 1 is 0.792 bits per heavy atom. The molecule has 0 saturated carbocycles. The lowest BCUT2D eigenvalue weighted by molar-refractivity contribution is -0.251. The molecule has 0 aromatic rings. The summed E-state index contributed by atoms with van der Waals surface area (Å²) in [6.07, 6.45) is -5.74. The van der Waals surface area contributed by atoms with Crippen LogP contribution in [0.1, 0.15) is 27.7 Å². The Morgan fingerprint density at radius 2 is 1.25 bits per heavy atom. The molecule has 24 heavy (non-hydrogen) atoms. The summed E-state index contributed by atoms with van der Waals surface area (Å²) in [5.41, 5.74) is 5.81. The van der Waals surface area contributed by atoms with Gasteiger partial charge in [-0.2, -0.15) is 0 Å². The maximum Gasteiger partial charge on any atom is 0.303 e. The summed E-state index contributed by atoms with van der Waals surface area (Å²) in [5, 5.41) is 0. The fourth-order valence-corrected chi connectivity index (χ4v) is 2.26. The Kier molecular flexibility index (Phi) is 7.11. The Hall–Kier alpha value is -2.20.